The van der Waals surface area contributed by atoms with E-state index in [2.05, 4.69) is 26.9 Å². The summed E-state index contributed by atoms with van der Waals surface area (Å²) < 4.78 is 0. The van der Waals surface area contributed by atoms with Crippen molar-refractivity contribution in [2.75, 3.05) is 32.7 Å². The van der Waals surface area contributed by atoms with E-state index < -0.39 is 5.60 Å². The maximum Gasteiger partial charge on any atom is 0.0900 e. The van der Waals surface area contributed by atoms with E-state index in [0.717, 1.165) is 73.7 Å². The van der Waals surface area contributed by atoms with Gasteiger partial charge in [-0.05, 0) is 51.4 Å². The number of hydrogen-bond acceptors (Lipinski definition) is 3. The molecular formula is C19H26ClN3O. The number of rotatable bonds is 4. The number of H-pyrrole nitrogens is 1. The molecule has 0 radical (unpaired) electrons. The first kappa shape index (κ1) is 16.4. The number of aromatic amines is 1. The minimum absolute atomic E-state index is 0.582. The fourth-order valence-electron chi connectivity index (χ4n) is 4.32. The van der Waals surface area contributed by atoms with E-state index in [-0.39, 0.29) is 0 Å². The Kier molecular flexibility index (Phi) is 4.56. The SMILES string of the molecule is OC1(CN2CCCC2)CCCN(Cc2[nH]c3ccccc3c2Cl)C1. The minimum atomic E-state index is -0.582. The summed E-state index contributed by atoms with van der Waals surface area (Å²) in [4.78, 5) is 8.21. The van der Waals surface area contributed by atoms with Gasteiger partial charge in [-0.3, -0.25) is 4.90 Å². The number of fused-ring (bicyclic) bond motifs is 1. The van der Waals surface area contributed by atoms with Gasteiger partial charge in [0.2, 0.25) is 0 Å². The first-order chi connectivity index (χ1) is 11.6. The standard InChI is InChI=1S/C19H26ClN3O/c20-18-15-6-1-2-7-16(15)21-17(18)12-23-11-5-8-19(24,14-23)13-22-9-3-4-10-22/h1-2,6-7,21,24H,3-5,8-14H2. The van der Waals surface area contributed by atoms with Crippen molar-refractivity contribution in [3.8, 4) is 0 Å². The van der Waals surface area contributed by atoms with Crippen LogP contribution in [0.25, 0.3) is 10.9 Å². The number of aromatic nitrogens is 1. The number of piperidine rings is 1. The van der Waals surface area contributed by atoms with Crippen LogP contribution in [0, 0.1) is 0 Å². The lowest BCUT2D eigenvalue weighted by molar-refractivity contribution is -0.0521. The zero-order chi connectivity index (χ0) is 16.6. The molecule has 1 atom stereocenters. The smallest absolute Gasteiger partial charge is 0.0900 e. The van der Waals surface area contributed by atoms with Crippen LogP contribution in [0.15, 0.2) is 24.3 Å². The number of halogens is 1. The topological polar surface area (TPSA) is 42.5 Å². The molecule has 0 aliphatic carbocycles. The Morgan fingerprint density at radius 1 is 1.08 bits per heavy atom. The minimum Gasteiger partial charge on any atom is -0.387 e. The molecular weight excluding hydrogens is 322 g/mol. The van der Waals surface area contributed by atoms with Gasteiger partial charge in [-0.25, -0.2) is 0 Å². The normalized spacial score (nSPS) is 26.4. The van der Waals surface area contributed by atoms with Crippen LogP contribution in [-0.2, 0) is 6.54 Å². The fourth-order valence-corrected chi connectivity index (χ4v) is 4.59. The van der Waals surface area contributed by atoms with Crippen molar-refractivity contribution in [3.05, 3.63) is 35.0 Å². The third-order valence-corrected chi connectivity index (χ3v) is 5.88. The monoisotopic (exact) mass is 347 g/mol. The molecule has 4 rings (SSSR count). The Bertz CT molecular complexity index is 710. The van der Waals surface area contributed by atoms with E-state index in [1.807, 2.05) is 12.1 Å². The van der Waals surface area contributed by atoms with Gasteiger partial charge in [-0.2, -0.15) is 0 Å². The summed E-state index contributed by atoms with van der Waals surface area (Å²) in [6.07, 6.45) is 4.48. The second-order valence-corrected chi connectivity index (χ2v) is 7.86. The lowest BCUT2D eigenvalue weighted by atomic mass is 9.92. The maximum atomic E-state index is 11.1. The molecule has 3 heterocycles. The van der Waals surface area contributed by atoms with Crippen LogP contribution in [0.1, 0.15) is 31.4 Å². The molecule has 0 amide bonds. The molecule has 0 spiro atoms. The first-order valence-electron chi connectivity index (χ1n) is 9.05. The molecule has 2 fully saturated rings. The fraction of sp³-hybridized carbons (Fsp3) is 0.579. The summed E-state index contributed by atoms with van der Waals surface area (Å²) >= 11 is 6.56. The summed E-state index contributed by atoms with van der Waals surface area (Å²) in [5.41, 5.74) is 1.56. The van der Waals surface area contributed by atoms with E-state index in [9.17, 15) is 5.11 Å². The number of aliphatic hydroxyl groups is 1. The van der Waals surface area contributed by atoms with Crippen LogP contribution < -0.4 is 0 Å². The highest BCUT2D eigenvalue weighted by atomic mass is 35.5. The van der Waals surface area contributed by atoms with Crippen molar-refractivity contribution in [1.82, 2.24) is 14.8 Å². The van der Waals surface area contributed by atoms with Crippen LogP contribution in [0.4, 0.5) is 0 Å². The van der Waals surface area contributed by atoms with Gasteiger partial charge >= 0.3 is 0 Å². The Morgan fingerprint density at radius 3 is 2.62 bits per heavy atom. The van der Waals surface area contributed by atoms with Gasteiger partial charge in [0.05, 0.1) is 10.6 Å². The molecule has 1 aromatic heterocycles. The highest BCUT2D eigenvalue weighted by Gasteiger charge is 2.35. The highest BCUT2D eigenvalue weighted by Crippen LogP contribution is 2.30. The van der Waals surface area contributed by atoms with Crippen LogP contribution in [0.2, 0.25) is 5.02 Å². The number of β-amino-alcohol motifs (C(OH)–C–C–N with tert-alkyl or cyclic N) is 1. The molecule has 2 N–H and O–H groups in total. The van der Waals surface area contributed by atoms with Gasteiger partial charge in [-0.1, -0.05) is 29.8 Å². The number of nitrogens with zero attached hydrogens (tertiary/aromatic N) is 2. The maximum absolute atomic E-state index is 11.1. The Hall–Kier alpha value is -1.07. The lowest BCUT2D eigenvalue weighted by Crippen LogP contribution is -2.53. The van der Waals surface area contributed by atoms with Crippen LogP contribution >= 0.6 is 11.6 Å². The van der Waals surface area contributed by atoms with Crippen molar-refractivity contribution in [1.29, 1.82) is 0 Å². The summed E-state index contributed by atoms with van der Waals surface area (Å²) in [5.74, 6) is 0. The molecule has 4 nitrogen and oxygen atoms in total. The van der Waals surface area contributed by atoms with Crippen molar-refractivity contribution >= 4 is 22.5 Å². The predicted octanol–water partition coefficient (Wildman–Crippen LogP) is 3.24. The molecule has 24 heavy (non-hydrogen) atoms. The molecule has 2 aromatic rings. The molecule has 0 bridgehead atoms. The molecule has 130 valence electrons. The Labute approximate surface area is 148 Å². The Balaban J connectivity index is 1.46. The van der Waals surface area contributed by atoms with Gasteiger partial charge in [0.1, 0.15) is 0 Å². The van der Waals surface area contributed by atoms with Crippen LogP contribution in [0.3, 0.4) is 0 Å². The average Bonchev–Trinajstić information content (AvgIpc) is 3.16. The largest absolute Gasteiger partial charge is 0.387 e. The van der Waals surface area contributed by atoms with Crippen molar-refractivity contribution in [2.45, 2.75) is 37.8 Å². The van der Waals surface area contributed by atoms with Gasteiger partial charge < -0.3 is 15.0 Å². The van der Waals surface area contributed by atoms with E-state index in [0.29, 0.717) is 0 Å². The molecule has 0 saturated carbocycles. The van der Waals surface area contributed by atoms with Crippen LogP contribution in [0.5, 0.6) is 0 Å². The molecule has 5 heteroatoms. The van der Waals surface area contributed by atoms with Gasteiger partial charge in [0.15, 0.2) is 0 Å². The molecule has 1 unspecified atom stereocenters. The van der Waals surface area contributed by atoms with Crippen LogP contribution in [-0.4, -0.2) is 58.2 Å². The van der Waals surface area contributed by atoms with Gasteiger partial charge in [-0.15, -0.1) is 0 Å². The summed E-state index contributed by atoms with van der Waals surface area (Å²) in [7, 11) is 0. The van der Waals surface area contributed by atoms with E-state index >= 15 is 0 Å². The number of likely N-dealkylation sites (tertiary alicyclic amines) is 2. The van der Waals surface area contributed by atoms with Crippen molar-refractivity contribution in [2.24, 2.45) is 0 Å². The van der Waals surface area contributed by atoms with E-state index in [4.69, 9.17) is 11.6 Å². The molecule has 2 aliphatic heterocycles. The quantitative estimate of drug-likeness (QED) is 0.892. The third-order valence-electron chi connectivity index (χ3n) is 5.45. The van der Waals surface area contributed by atoms with Crippen molar-refractivity contribution in [3.63, 3.8) is 0 Å². The number of hydrogen-bond donors (Lipinski definition) is 2. The molecule has 1 aromatic carbocycles. The molecule has 2 saturated heterocycles. The first-order valence-corrected chi connectivity index (χ1v) is 9.43. The zero-order valence-corrected chi connectivity index (χ0v) is 14.9. The average molecular weight is 348 g/mol. The molecule has 2 aliphatic rings. The van der Waals surface area contributed by atoms with Crippen molar-refractivity contribution < 1.29 is 5.11 Å². The number of para-hydroxylation sites is 1. The Morgan fingerprint density at radius 2 is 1.83 bits per heavy atom. The highest BCUT2D eigenvalue weighted by molar-refractivity contribution is 6.36. The summed E-state index contributed by atoms with van der Waals surface area (Å²) in [6.45, 7) is 5.61. The zero-order valence-electron chi connectivity index (χ0n) is 14.1. The van der Waals surface area contributed by atoms with E-state index in [1.165, 1.54) is 12.8 Å². The summed E-state index contributed by atoms with van der Waals surface area (Å²) in [6, 6.07) is 8.15. The number of benzene rings is 1. The predicted molar refractivity (Wildman–Crippen MR) is 98.4 cm³/mol. The van der Waals surface area contributed by atoms with E-state index in [1.54, 1.807) is 0 Å². The van der Waals surface area contributed by atoms with Gasteiger partial charge in [0, 0.05) is 36.2 Å². The third kappa shape index (κ3) is 3.33. The summed E-state index contributed by atoms with van der Waals surface area (Å²) in [5, 5.41) is 13.0. The second kappa shape index (κ2) is 6.68. The van der Waals surface area contributed by atoms with Gasteiger partial charge in [0.25, 0.3) is 0 Å². The lowest BCUT2D eigenvalue weighted by Gasteiger charge is -2.41. The number of nitrogens with one attached hydrogen (secondary N) is 1. The second-order valence-electron chi connectivity index (χ2n) is 7.48.